The lowest BCUT2D eigenvalue weighted by atomic mass is 10.1. The van der Waals surface area contributed by atoms with Gasteiger partial charge in [0.15, 0.2) is 0 Å². The van der Waals surface area contributed by atoms with Crippen molar-refractivity contribution in [2.24, 2.45) is 0 Å². The van der Waals surface area contributed by atoms with Crippen molar-refractivity contribution in [3.05, 3.63) is 61.0 Å². The van der Waals surface area contributed by atoms with Crippen molar-refractivity contribution in [2.45, 2.75) is 13.0 Å². The van der Waals surface area contributed by atoms with Gasteiger partial charge in [-0.2, -0.15) is 0 Å². The van der Waals surface area contributed by atoms with Crippen molar-refractivity contribution in [3.8, 4) is 0 Å². The quantitative estimate of drug-likeness (QED) is 0.560. The number of carbonyl (C=O) groups excluding carboxylic acids is 1. The Morgan fingerprint density at radius 1 is 1.35 bits per heavy atom. The van der Waals surface area contributed by atoms with E-state index in [0.29, 0.717) is 11.6 Å². The molecule has 0 radical (unpaired) electrons. The number of nitrogens with one attached hydrogen (secondary N) is 2. The molecule has 0 saturated heterocycles. The molecular weight excluding hydrogens is 416 g/mol. The molecule has 2 N–H and O–H groups in total. The molecule has 3 nitrogen and oxygen atoms in total. The van der Waals surface area contributed by atoms with E-state index in [1.54, 1.807) is 11.3 Å². The highest BCUT2D eigenvalue weighted by atomic mass is 79.9. The summed E-state index contributed by atoms with van der Waals surface area (Å²) >= 11 is 16.4. The van der Waals surface area contributed by atoms with Crippen LogP contribution < -0.4 is 5.32 Å². The third kappa shape index (κ3) is 4.01. The molecule has 3 aromatic rings. The van der Waals surface area contributed by atoms with Crippen LogP contribution in [0.5, 0.6) is 0 Å². The summed E-state index contributed by atoms with van der Waals surface area (Å²) in [4.78, 5) is 16.3. The Hall–Kier alpha value is -1.21. The summed E-state index contributed by atoms with van der Waals surface area (Å²) < 4.78 is 1.74. The molecule has 1 aromatic carbocycles. The number of rotatable bonds is 4. The molecule has 118 valence electrons. The number of benzene rings is 1. The predicted octanol–water partition coefficient (Wildman–Crippen LogP) is 5.23. The van der Waals surface area contributed by atoms with Crippen molar-refractivity contribution in [3.63, 3.8) is 0 Å². The van der Waals surface area contributed by atoms with Crippen molar-refractivity contribution in [2.75, 3.05) is 0 Å². The van der Waals surface area contributed by atoms with Gasteiger partial charge in [-0.05, 0) is 45.3 Å². The molecule has 7 heteroatoms. The minimum Gasteiger partial charge on any atom is -0.353 e. The summed E-state index contributed by atoms with van der Waals surface area (Å²) in [6.45, 7) is 0.471. The number of aromatic nitrogens is 1. The first kappa shape index (κ1) is 16.6. The third-order valence-electron chi connectivity index (χ3n) is 3.37. The summed E-state index contributed by atoms with van der Waals surface area (Å²) in [6, 6.07) is 9.38. The third-order valence-corrected chi connectivity index (χ3v) is 5.67. The summed E-state index contributed by atoms with van der Waals surface area (Å²) in [7, 11) is 0. The highest BCUT2D eigenvalue weighted by molar-refractivity contribution is 9.11. The Kier molecular flexibility index (Phi) is 5.16. The Bertz CT molecular complexity index is 918. The van der Waals surface area contributed by atoms with Gasteiger partial charge in [-0.3, -0.25) is 4.79 Å². The van der Waals surface area contributed by atoms with Crippen LogP contribution in [0.4, 0.5) is 0 Å². The van der Waals surface area contributed by atoms with Gasteiger partial charge in [0.1, 0.15) is 4.83 Å². The van der Waals surface area contributed by atoms with E-state index in [1.165, 1.54) is 0 Å². The van der Waals surface area contributed by atoms with Gasteiger partial charge in [-0.15, -0.1) is 11.3 Å². The van der Waals surface area contributed by atoms with Gasteiger partial charge in [-0.1, -0.05) is 36.0 Å². The average molecular weight is 428 g/mol. The van der Waals surface area contributed by atoms with E-state index in [0.717, 1.165) is 29.6 Å². The first-order valence-electron chi connectivity index (χ1n) is 6.83. The highest BCUT2D eigenvalue weighted by Gasteiger charge is 2.09. The monoisotopic (exact) mass is 426 g/mol. The van der Waals surface area contributed by atoms with E-state index in [9.17, 15) is 4.79 Å². The van der Waals surface area contributed by atoms with Crippen molar-refractivity contribution >= 4 is 67.2 Å². The number of H-pyrrole nitrogens is 1. The number of fused-ring (bicyclic) bond motifs is 1. The molecule has 23 heavy (non-hydrogen) atoms. The molecule has 0 unspecified atom stereocenters. The molecule has 0 aliphatic heterocycles. The summed E-state index contributed by atoms with van der Waals surface area (Å²) in [5.41, 5.74) is 1.83. The van der Waals surface area contributed by atoms with Crippen molar-refractivity contribution in [1.82, 2.24) is 10.3 Å². The Morgan fingerprint density at radius 3 is 2.83 bits per heavy atom. The number of aromatic amines is 1. The first-order chi connectivity index (χ1) is 11.0. The van der Waals surface area contributed by atoms with E-state index < -0.39 is 0 Å². The molecule has 0 aliphatic carbocycles. The lowest BCUT2D eigenvalue weighted by molar-refractivity contribution is -0.120. The zero-order valence-electron chi connectivity index (χ0n) is 11.9. The fraction of sp³-hybridized carbons (Fsp3) is 0.125. The Morgan fingerprint density at radius 2 is 2.09 bits per heavy atom. The van der Waals surface area contributed by atoms with Crippen LogP contribution in [0.1, 0.15) is 11.1 Å². The van der Waals surface area contributed by atoms with Gasteiger partial charge in [-0.25, -0.2) is 0 Å². The van der Waals surface area contributed by atoms with Crippen LogP contribution in [0.15, 0.2) is 40.3 Å². The molecule has 0 saturated carbocycles. The first-order valence-corrected chi connectivity index (χ1v) is 9.23. The molecular formula is C16H12BrClN2OS2. The Labute approximate surface area is 155 Å². The summed E-state index contributed by atoms with van der Waals surface area (Å²) in [5, 5.41) is 4.55. The van der Waals surface area contributed by atoms with Crippen molar-refractivity contribution < 1.29 is 4.79 Å². The summed E-state index contributed by atoms with van der Waals surface area (Å²) in [6.07, 6.45) is 2.07. The van der Waals surface area contributed by atoms with Crippen LogP contribution in [0.25, 0.3) is 10.2 Å². The molecule has 0 aliphatic rings. The van der Waals surface area contributed by atoms with Crippen LogP contribution in [0.2, 0.25) is 5.02 Å². The van der Waals surface area contributed by atoms with Crippen LogP contribution in [-0.4, -0.2) is 10.9 Å². The van der Waals surface area contributed by atoms with Crippen LogP contribution in [0.3, 0.4) is 0 Å². The maximum atomic E-state index is 12.1. The number of hydrogen-bond acceptors (Lipinski definition) is 3. The van der Waals surface area contributed by atoms with Gasteiger partial charge in [0.25, 0.3) is 0 Å². The lowest BCUT2D eigenvalue weighted by Gasteiger charge is -2.06. The number of thiophene rings is 1. The van der Waals surface area contributed by atoms with E-state index in [-0.39, 0.29) is 12.3 Å². The van der Waals surface area contributed by atoms with E-state index >= 15 is 0 Å². The van der Waals surface area contributed by atoms with E-state index in [4.69, 9.17) is 23.8 Å². The minimum absolute atomic E-state index is 0.0619. The van der Waals surface area contributed by atoms with Crippen LogP contribution >= 0.6 is 51.1 Å². The van der Waals surface area contributed by atoms with Crippen LogP contribution in [0, 0.1) is 4.51 Å². The van der Waals surface area contributed by atoms with Crippen LogP contribution in [-0.2, 0) is 17.8 Å². The number of halogens is 2. The predicted molar refractivity (Wildman–Crippen MR) is 102 cm³/mol. The number of amides is 1. The van der Waals surface area contributed by atoms with Gasteiger partial charge >= 0.3 is 0 Å². The second-order valence-corrected chi connectivity index (χ2v) is 8.29. The number of hydrogen-bond donors (Lipinski definition) is 2. The zero-order valence-corrected chi connectivity index (χ0v) is 15.8. The topological polar surface area (TPSA) is 44.9 Å². The molecule has 0 bridgehead atoms. The molecule has 0 atom stereocenters. The van der Waals surface area contributed by atoms with Crippen molar-refractivity contribution in [1.29, 1.82) is 0 Å². The summed E-state index contributed by atoms with van der Waals surface area (Å²) in [5.74, 6) is -0.0619. The van der Waals surface area contributed by atoms with Gasteiger partial charge in [0.05, 0.1) is 14.7 Å². The average Bonchev–Trinajstić information content (AvgIpc) is 2.91. The van der Waals surface area contributed by atoms with E-state index in [2.05, 4.69) is 26.2 Å². The zero-order chi connectivity index (χ0) is 16.4. The van der Waals surface area contributed by atoms with E-state index in [1.807, 2.05) is 36.5 Å². The van der Waals surface area contributed by atoms with Gasteiger partial charge in [0.2, 0.25) is 5.91 Å². The molecule has 3 rings (SSSR count). The standard InChI is InChI=1S/C16H12BrClN2OS2/c17-13-6-12-15(22)10(8-20-16(12)23-13)5-14(21)19-7-9-1-3-11(18)4-2-9/h1-4,6,8H,5,7H2,(H,19,21)(H,20,22). The normalized spacial score (nSPS) is 10.9. The second-order valence-electron chi connectivity index (χ2n) is 5.02. The van der Waals surface area contributed by atoms with Gasteiger partial charge < -0.3 is 10.3 Å². The maximum absolute atomic E-state index is 12.1. The lowest BCUT2D eigenvalue weighted by Crippen LogP contribution is -2.24. The fourth-order valence-corrected chi connectivity index (χ4v) is 4.16. The molecule has 2 aromatic heterocycles. The number of pyridine rings is 1. The molecule has 1 amide bonds. The fourth-order valence-electron chi connectivity index (χ4n) is 2.20. The molecule has 0 spiro atoms. The smallest absolute Gasteiger partial charge is 0.224 e. The Balaban J connectivity index is 1.69. The minimum atomic E-state index is -0.0619. The molecule has 2 heterocycles. The van der Waals surface area contributed by atoms with Gasteiger partial charge in [0, 0.05) is 23.2 Å². The highest BCUT2D eigenvalue weighted by Crippen LogP contribution is 2.29. The SMILES string of the molecule is O=C(Cc1c[nH]c2sc(Br)cc2c1=S)NCc1ccc(Cl)cc1. The largest absolute Gasteiger partial charge is 0.353 e. The molecule has 0 fully saturated rings. The second kappa shape index (κ2) is 7.13. The number of carbonyl (C=O) groups is 1. The maximum Gasteiger partial charge on any atom is 0.224 e.